The zero-order valence-corrected chi connectivity index (χ0v) is 13.3. The van der Waals surface area contributed by atoms with Crippen molar-refractivity contribution in [2.45, 2.75) is 32.2 Å². The van der Waals surface area contributed by atoms with Gasteiger partial charge in [0, 0.05) is 12.2 Å². The van der Waals surface area contributed by atoms with Crippen LogP contribution in [0.1, 0.15) is 25.3 Å². The molecule has 1 aliphatic heterocycles. The Morgan fingerprint density at radius 1 is 1.48 bits per heavy atom. The average molecular weight is 291 g/mol. The number of ether oxygens (including phenoxy) is 1. The Hall–Kier alpha value is -1.75. The van der Waals surface area contributed by atoms with Crippen molar-refractivity contribution in [2.24, 2.45) is 0 Å². The second kappa shape index (κ2) is 6.35. The minimum Gasteiger partial charge on any atom is -0.495 e. The zero-order chi connectivity index (χ0) is 15.6. The van der Waals surface area contributed by atoms with Gasteiger partial charge in [0.25, 0.3) is 0 Å². The highest BCUT2D eigenvalue weighted by Gasteiger charge is 2.31. The summed E-state index contributed by atoms with van der Waals surface area (Å²) in [5.74, 6) is 0.839. The van der Waals surface area contributed by atoms with Gasteiger partial charge in [-0.25, -0.2) is 0 Å². The van der Waals surface area contributed by atoms with E-state index in [0.29, 0.717) is 11.4 Å². The Balaban J connectivity index is 2.29. The third-order valence-corrected chi connectivity index (χ3v) is 4.06. The number of rotatable bonds is 5. The molecule has 0 bridgehead atoms. The van der Waals surface area contributed by atoms with Gasteiger partial charge in [-0.2, -0.15) is 0 Å². The Morgan fingerprint density at radius 2 is 2.19 bits per heavy atom. The largest absolute Gasteiger partial charge is 0.495 e. The molecule has 1 unspecified atom stereocenters. The second-order valence-corrected chi connectivity index (χ2v) is 5.73. The van der Waals surface area contributed by atoms with Crippen LogP contribution in [0.15, 0.2) is 12.1 Å². The van der Waals surface area contributed by atoms with E-state index in [1.54, 1.807) is 7.11 Å². The standard InChI is InChI=1S/C16H25N3O2/c1-5-6-13(18(2)3)16(20)19-8-7-11-9-15(21-4)12(17)10-14(11)19/h9-10,13H,5-8,17H2,1-4H3. The molecule has 5 heteroatoms. The molecule has 5 nitrogen and oxygen atoms in total. The van der Waals surface area contributed by atoms with Gasteiger partial charge in [0.15, 0.2) is 0 Å². The molecule has 1 amide bonds. The zero-order valence-electron chi connectivity index (χ0n) is 13.3. The van der Waals surface area contributed by atoms with Crippen LogP contribution in [0, 0.1) is 0 Å². The third kappa shape index (κ3) is 2.97. The average Bonchev–Trinajstić information content (AvgIpc) is 2.85. The molecule has 0 radical (unpaired) electrons. The molecule has 116 valence electrons. The van der Waals surface area contributed by atoms with E-state index in [1.165, 1.54) is 0 Å². The van der Waals surface area contributed by atoms with Crippen LogP contribution >= 0.6 is 0 Å². The molecule has 1 atom stereocenters. The predicted octanol–water partition coefficient (Wildman–Crippen LogP) is 1.90. The summed E-state index contributed by atoms with van der Waals surface area (Å²) in [5, 5.41) is 0. The molecular weight excluding hydrogens is 266 g/mol. The van der Waals surface area contributed by atoms with Crippen molar-refractivity contribution in [2.75, 3.05) is 38.4 Å². The van der Waals surface area contributed by atoms with Crippen molar-refractivity contribution in [1.29, 1.82) is 0 Å². The van der Waals surface area contributed by atoms with Crippen molar-refractivity contribution in [3.8, 4) is 5.75 Å². The lowest BCUT2D eigenvalue weighted by atomic mass is 10.1. The smallest absolute Gasteiger partial charge is 0.244 e. The van der Waals surface area contributed by atoms with Crippen LogP contribution in [0.2, 0.25) is 0 Å². The highest BCUT2D eigenvalue weighted by atomic mass is 16.5. The van der Waals surface area contributed by atoms with E-state index in [1.807, 2.05) is 36.0 Å². The number of hydrogen-bond donors (Lipinski definition) is 1. The number of fused-ring (bicyclic) bond motifs is 1. The summed E-state index contributed by atoms with van der Waals surface area (Å²) in [6.07, 6.45) is 2.70. The van der Waals surface area contributed by atoms with Crippen molar-refractivity contribution in [1.82, 2.24) is 4.90 Å². The van der Waals surface area contributed by atoms with E-state index in [4.69, 9.17) is 10.5 Å². The van der Waals surface area contributed by atoms with Crippen LogP contribution in [0.4, 0.5) is 11.4 Å². The number of methoxy groups -OCH3 is 1. The highest BCUT2D eigenvalue weighted by Crippen LogP contribution is 2.36. The number of nitrogen functional groups attached to an aromatic ring is 1. The molecule has 21 heavy (non-hydrogen) atoms. The molecule has 0 spiro atoms. The maximum Gasteiger partial charge on any atom is 0.244 e. The highest BCUT2D eigenvalue weighted by molar-refractivity contribution is 5.99. The fraction of sp³-hybridized carbons (Fsp3) is 0.562. The first-order chi connectivity index (χ1) is 9.99. The summed E-state index contributed by atoms with van der Waals surface area (Å²) in [6, 6.07) is 3.73. The number of nitrogens with zero attached hydrogens (tertiary/aromatic N) is 2. The van der Waals surface area contributed by atoms with E-state index in [0.717, 1.165) is 37.1 Å². The molecule has 1 heterocycles. The fourth-order valence-electron chi connectivity index (χ4n) is 2.89. The minimum atomic E-state index is -0.0794. The number of anilines is 2. The summed E-state index contributed by atoms with van der Waals surface area (Å²) in [4.78, 5) is 16.7. The first-order valence-corrected chi connectivity index (χ1v) is 7.43. The summed E-state index contributed by atoms with van der Waals surface area (Å²) in [5.41, 5.74) is 8.62. The van der Waals surface area contributed by atoms with E-state index in [-0.39, 0.29) is 11.9 Å². The number of hydrogen-bond acceptors (Lipinski definition) is 4. The molecule has 2 N–H and O–H groups in total. The van der Waals surface area contributed by atoms with Crippen LogP contribution in [-0.2, 0) is 11.2 Å². The summed E-state index contributed by atoms with van der Waals surface area (Å²) >= 11 is 0. The third-order valence-electron chi connectivity index (χ3n) is 4.06. The van der Waals surface area contributed by atoms with Gasteiger partial charge < -0.3 is 15.4 Å². The molecule has 2 rings (SSSR count). The summed E-state index contributed by atoms with van der Waals surface area (Å²) < 4.78 is 5.25. The normalized spacial score (nSPS) is 15.2. The van der Waals surface area contributed by atoms with E-state index >= 15 is 0 Å². The maximum atomic E-state index is 12.8. The van der Waals surface area contributed by atoms with Crippen LogP contribution in [0.25, 0.3) is 0 Å². The fourth-order valence-corrected chi connectivity index (χ4v) is 2.89. The molecule has 0 aliphatic carbocycles. The number of nitrogens with two attached hydrogens (primary N) is 1. The van der Waals surface area contributed by atoms with Crippen molar-refractivity contribution in [3.63, 3.8) is 0 Å². The molecule has 0 saturated carbocycles. The van der Waals surface area contributed by atoms with Gasteiger partial charge in [-0.05, 0) is 44.6 Å². The van der Waals surface area contributed by atoms with Gasteiger partial charge in [0.05, 0.1) is 18.8 Å². The van der Waals surface area contributed by atoms with Crippen LogP contribution in [0.3, 0.4) is 0 Å². The molecule has 1 aromatic carbocycles. The topological polar surface area (TPSA) is 58.8 Å². The molecular formula is C16H25N3O2. The molecule has 0 saturated heterocycles. The quantitative estimate of drug-likeness (QED) is 0.842. The predicted molar refractivity (Wildman–Crippen MR) is 85.8 cm³/mol. The molecule has 1 aliphatic rings. The Morgan fingerprint density at radius 3 is 2.76 bits per heavy atom. The van der Waals surface area contributed by atoms with Crippen LogP contribution < -0.4 is 15.4 Å². The molecule has 0 aromatic heterocycles. The molecule has 1 aromatic rings. The first kappa shape index (κ1) is 15.6. The number of carbonyl (C=O) groups is 1. The van der Waals surface area contributed by atoms with Gasteiger partial charge in [0.2, 0.25) is 5.91 Å². The number of carbonyl (C=O) groups excluding carboxylic acids is 1. The lowest BCUT2D eigenvalue weighted by Crippen LogP contribution is -2.45. The SMILES string of the molecule is CCCC(C(=O)N1CCc2cc(OC)c(N)cc21)N(C)C. The van der Waals surface area contributed by atoms with E-state index < -0.39 is 0 Å². The van der Waals surface area contributed by atoms with Gasteiger partial charge in [0.1, 0.15) is 5.75 Å². The lowest BCUT2D eigenvalue weighted by Gasteiger charge is -2.28. The van der Waals surface area contributed by atoms with Crippen LogP contribution in [0.5, 0.6) is 5.75 Å². The van der Waals surface area contributed by atoms with Gasteiger partial charge in [-0.15, -0.1) is 0 Å². The maximum absolute atomic E-state index is 12.8. The minimum absolute atomic E-state index is 0.0794. The number of amides is 1. The summed E-state index contributed by atoms with van der Waals surface area (Å²) in [7, 11) is 5.52. The Labute approximate surface area is 126 Å². The van der Waals surface area contributed by atoms with Crippen LogP contribution in [-0.4, -0.2) is 44.6 Å². The Bertz CT molecular complexity index is 528. The monoisotopic (exact) mass is 291 g/mol. The van der Waals surface area contributed by atoms with Crippen molar-refractivity contribution < 1.29 is 9.53 Å². The summed E-state index contributed by atoms with van der Waals surface area (Å²) in [6.45, 7) is 2.82. The van der Waals surface area contributed by atoms with Gasteiger partial charge in [-0.1, -0.05) is 13.3 Å². The van der Waals surface area contributed by atoms with Crippen molar-refractivity contribution in [3.05, 3.63) is 17.7 Å². The second-order valence-electron chi connectivity index (χ2n) is 5.73. The first-order valence-electron chi connectivity index (χ1n) is 7.43. The molecule has 0 fully saturated rings. The Kier molecular flexibility index (Phi) is 4.73. The number of benzene rings is 1. The van der Waals surface area contributed by atoms with Gasteiger partial charge >= 0.3 is 0 Å². The van der Waals surface area contributed by atoms with Gasteiger partial charge in [-0.3, -0.25) is 9.69 Å². The van der Waals surface area contributed by atoms with Crippen molar-refractivity contribution >= 4 is 17.3 Å². The van der Waals surface area contributed by atoms with E-state index in [2.05, 4.69) is 6.92 Å². The lowest BCUT2D eigenvalue weighted by molar-refractivity contribution is -0.123. The number of likely N-dealkylation sites (N-methyl/N-ethyl adjacent to an activating group) is 1. The van der Waals surface area contributed by atoms with E-state index in [9.17, 15) is 4.79 Å².